The molecule has 0 unspecified atom stereocenters. The number of nitrogens with zero attached hydrogens (tertiary/aromatic N) is 2. The van der Waals surface area contributed by atoms with E-state index in [1.165, 1.54) is 18.4 Å². The minimum Gasteiger partial charge on any atom is -0.493 e. The van der Waals surface area contributed by atoms with Gasteiger partial charge in [0.1, 0.15) is 6.61 Å². The summed E-state index contributed by atoms with van der Waals surface area (Å²) < 4.78 is 20.0. The zero-order valence-electron chi connectivity index (χ0n) is 22.5. The van der Waals surface area contributed by atoms with Crippen molar-refractivity contribution in [2.24, 2.45) is 4.99 Å². The molecule has 210 valence electrons. The predicted octanol–water partition coefficient (Wildman–Crippen LogP) is 5.64. The number of rotatable bonds is 8. The molecule has 10 heteroatoms. The summed E-state index contributed by atoms with van der Waals surface area (Å²) >= 11 is 9.64. The Morgan fingerprint density at radius 3 is 2.59 bits per heavy atom. The summed E-state index contributed by atoms with van der Waals surface area (Å²) in [6.07, 6.45) is 2.30. The maximum Gasteiger partial charge on any atom is 0.338 e. The normalized spacial score (nSPS) is 14.9. The highest BCUT2D eigenvalue weighted by Crippen LogP contribution is 2.35. The molecular weight excluding hydrogens is 675 g/mol. The quantitative estimate of drug-likeness (QED) is 0.176. The number of esters is 1. The van der Waals surface area contributed by atoms with E-state index in [0.717, 1.165) is 14.7 Å². The molecule has 7 nitrogen and oxygen atoms in total. The number of carbonyl (C=O) groups is 1. The molecule has 1 atom stereocenters. The summed E-state index contributed by atoms with van der Waals surface area (Å²) in [6, 6.07) is 20.0. The predicted molar refractivity (Wildman–Crippen MR) is 168 cm³/mol. The number of allylic oxidation sites excluding steroid dienone is 1. The van der Waals surface area contributed by atoms with Crippen LogP contribution < -0.4 is 24.4 Å². The zero-order valence-corrected chi connectivity index (χ0v) is 26.2. The van der Waals surface area contributed by atoms with Crippen molar-refractivity contribution in [3.8, 4) is 11.5 Å². The molecule has 0 spiro atoms. The molecule has 0 saturated heterocycles. The average molecular weight is 701 g/mol. The number of halogens is 2. The number of benzene rings is 3. The molecule has 0 saturated carbocycles. The number of methoxy groups -OCH3 is 2. The largest absolute Gasteiger partial charge is 0.493 e. The number of thiazole rings is 1. The molecule has 5 rings (SSSR count). The van der Waals surface area contributed by atoms with Gasteiger partial charge in [0.2, 0.25) is 0 Å². The first-order valence-corrected chi connectivity index (χ1v) is 15.0. The molecule has 0 bridgehead atoms. The number of ether oxygens (including phenoxy) is 3. The molecule has 1 aliphatic rings. The lowest BCUT2D eigenvalue weighted by molar-refractivity contribution is -0.136. The Bertz CT molecular complexity index is 1830. The van der Waals surface area contributed by atoms with Gasteiger partial charge in [-0.15, -0.1) is 0 Å². The van der Waals surface area contributed by atoms with E-state index in [-0.39, 0.29) is 12.2 Å². The van der Waals surface area contributed by atoms with Crippen LogP contribution in [0, 0.1) is 3.57 Å². The zero-order chi connectivity index (χ0) is 29.1. The SMILES string of the molecule is CCC1=C(C(=O)OC)[C@@H](c2ccccc2)n2c(s/c(=C/c3cc(I)cc(OC)c3OCc3cccc(Cl)c3)c2=O)=N1. The molecule has 0 amide bonds. The second-order valence-corrected chi connectivity index (χ2v) is 11.8. The van der Waals surface area contributed by atoms with Crippen LogP contribution in [0.25, 0.3) is 6.08 Å². The van der Waals surface area contributed by atoms with E-state index in [1.54, 1.807) is 23.8 Å². The van der Waals surface area contributed by atoms with Crippen LogP contribution in [0.2, 0.25) is 5.02 Å². The van der Waals surface area contributed by atoms with Crippen molar-refractivity contribution in [2.45, 2.75) is 26.0 Å². The van der Waals surface area contributed by atoms with Crippen molar-refractivity contribution in [3.63, 3.8) is 0 Å². The van der Waals surface area contributed by atoms with Gasteiger partial charge in [-0.05, 0) is 70.5 Å². The third-order valence-electron chi connectivity index (χ3n) is 6.59. The number of carbonyl (C=O) groups excluding carboxylic acids is 1. The second-order valence-electron chi connectivity index (χ2n) is 9.14. The van der Waals surface area contributed by atoms with E-state index in [0.29, 0.717) is 49.1 Å². The summed E-state index contributed by atoms with van der Waals surface area (Å²) in [5, 5.41) is 0.618. The Balaban J connectivity index is 1.68. The Morgan fingerprint density at radius 1 is 1.12 bits per heavy atom. The van der Waals surface area contributed by atoms with Crippen molar-refractivity contribution in [1.29, 1.82) is 0 Å². The van der Waals surface area contributed by atoms with Crippen molar-refractivity contribution in [1.82, 2.24) is 4.57 Å². The first kappa shape index (κ1) is 29.1. The highest BCUT2D eigenvalue weighted by Gasteiger charge is 2.33. The van der Waals surface area contributed by atoms with Crippen molar-refractivity contribution in [2.75, 3.05) is 14.2 Å². The van der Waals surface area contributed by atoms with Gasteiger partial charge in [-0.3, -0.25) is 9.36 Å². The minimum absolute atomic E-state index is 0.260. The summed E-state index contributed by atoms with van der Waals surface area (Å²) in [4.78, 5) is 32.3. The van der Waals surface area contributed by atoms with Crippen LogP contribution in [-0.2, 0) is 16.1 Å². The van der Waals surface area contributed by atoms with Gasteiger partial charge in [-0.2, -0.15) is 0 Å². The molecule has 3 aromatic carbocycles. The van der Waals surface area contributed by atoms with Gasteiger partial charge >= 0.3 is 5.97 Å². The van der Waals surface area contributed by atoms with Gasteiger partial charge < -0.3 is 14.2 Å². The molecule has 41 heavy (non-hydrogen) atoms. The van der Waals surface area contributed by atoms with E-state index >= 15 is 0 Å². The monoisotopic (exact) mass is 700 g/mol. The van der Waals surface area contributed by atoms with E-state index in [9.17, 15) is 9.59 Å². The van der Waals surface area contributed by atoms with Gasteiger partial charge in [0, 0.05) is 14.2 Å². The van der Waals surface area contributed by atoms with Crippen LogP contribution in [0.1, 0.15) is 36.1 Å². The van der Waals surface area contributed by atoms with Crippen LogP contribution in [0.5, 0.6) is 11.5 Å². The standard InChI is InChI=1S/C31H26ClIN2O5S/c1-4-23-26(30(37)39-3)27(19-10-6-5-7-11-19)35-29(36)25(41-31(35)34-23)15-20-14-22(33)16-24(38-2)28(20)40-17-18-9-8-12-21(32)13-18/h5-16,27H,4,17H2,1-3H3/b25-15+/t27-/m1/s1. The molecule has 0 radical (unpaired) electrons. The fourth-order valence-electron chi connectivity index (χ4n) is 4.74. The Labute approximate surface area is 259 Å². The second kappa shape index (κ2) is 12.6. The summed E-state index contributed by atoms with van der Waals surface area (Å²) in [7, 11) is 2.92. The van der Waals surface area contributed by atoms with Gasteiger partial charge in [-0.1, -0.05) is 72.3 Å². The van der Waals surface area contributed by atoms with Crippen molar-refractivity contribution in [3.05, 3.63) is 123 Å². The molecule has 0 fully saturated rings. The molecule has 0 aliphatic carbocycles. The molecule has 4 aromatic rings. The maximum atomic E-state index is 14.0. The van der Waals surface area contributed by atoms with Crippen LogP contribution in [0.4, 0.5) is 0 Å². The fraction of sp³-hybridized carbons (Fsp3) is 0.194. The number of aromatic nitrogens is 1. The Kier molecular flexibility index (Phi) is 8.96. The number of hydrogen-bond donors (Lipinski definition) is 0. The third kappa shape index (κ3) is 5.98. The molecular formula is C31H26ClIN2O5S. The van der Waals surface area contributed by atoms with Gasteiger partial charge in [-0.25, -0.2) is 9.79 Å². The lowest BCUT2D eigenvalue weighted by atomic mass is 9.95. The van der Waals surface area contributed by atoms with Crippen LogP contribution in [0.3, 0.4) is 0 Å². The van der Waals surface area contributed by atoms with Crippen LogP contribution >= 0.6 is 45.5 Å². The van der Waals surface area contributed by atoms with E-state index in [1.807, 2.05) is 67.6 Å². The maximum absolute atomic E-state index is 14.0. The number of fused-ring (bicyclic) bond motifs is 1. The van der Waals surface area contributed by atoms with E-state index in [2.05, 4.69) is 22.6 Å². The Morgan fingerprint density at radius 2 is 1.90 bits per heavy atom. The molecule has 0 N–H and O–H groups in total. The third-order valence-corrected chi connectivity index (χ3v) is 8.43. The fourth-order valence-corrected chi connectivity index (χ4v) is 6.58. The summed E-state index contributed by atoms with van der Waals surface area (Å²) in [6.45, 7) is 2.19. The van der Waals surface area contributed by atoms with Crippen LogP contribution in [-0.4, -0.2) is 24.8 Å². The van der Waals surface area contributed by atoms with Crippen LogP contribution in [0.15, 0.2) is 87.8 Å². The molecule has 2 heterocycles. The van der Waals surface area contributed by atoms with Crippen molar-refractivity contribution >= 4 is 57.6 Å². The van der Waals surface area contributed by atoms with Gasteiger partial charge in [0.15, 0.2) is 16.3 Å². The number of hydrogen-bond acceptors (Lipinski definition) is 7. The van der Waals surface area contributed by atoms with E-state index < -0.39 is 12.0 Å². The topological polar surface area (TPSA) is 79.1 Å². The highest BCUT2D eigenvalue weighted by molar-refractivity contribution is 14.1. The summed E-state index contributed by atoms with van der Waals surface area (Å²) in [5.74, 6) is 0.539. The van der Waals surface area contributed by atoms with Gasteiger partial charge in [0.25, 0.3) is 5.56 Å². The highest BCUT2D eigenvalue weighted by atomic mass is 127. The van der Waals surface area contributed by atoms with E-state index in [4.69, 9.17) is 30.8 Å². The average Bonchev–Trinajstić information content (AvgIpc) is 3.29. The molecule has 1 aliphatic heterocycles. The first-order valence-electron chi connectivity index (χ1n) is 12.8. The smallest absolute Gasteiger partial charge is 0.338 e. The first-order chi connectivity index (χ1) is 19.8. The lowest BCUT2D eigenvalue weighted by Crippen LogP contribution is -2.40. The van der Waals surface area contributed by atoms with Crippen molar-refractivity contribution < 1.29 is 19.0 Å². The lowest BCUT2D eigenvalue weighted by Gasteiger charge is -2.25. The van der Waals surface area contributed by atoms with Gasteiger partial charge in [0.05, 0.1) is 36.1 Å². The Hall–Kier alpha value is -3.41. The molecule has 1 aromatic heterocycles. The summed E-state index contributed by atoms with van der Waals surface area (Å²) in [5.41, 5.74) is 3.07. The minimum atomic E-state index is -0.666.